The molecule has 2 amide bonds. The number of aryl methyl sites for hydroxylation is 1. The Morgan fingerprint density at radius 3 is 2.64 bits per heavy atom. The molecule has 2 aliphatic heterocycles. The summed E-state index contributed by atoms with van der Waals surface area (Å²) in [6, 6.07) is 16.1. The first-order chi connectivity index (χ1) is 13.5. The van der Waals surface area contributed by atoms with E-state index in [0.29, 0.717) is 26.1 Å². The standard InChI is InChI=1S/C23H26N2O3/c1-16-7-9-17(10-8-16)13-18-5-3-4-6-19(18)23(27)25-14-20-21(15-25)28-12-11-22(26)24(20)2/h3-10,20-21H,11-15H2,1-2H3/t20-,21-/m0/s1. The van der Waals surface area contributed by atoms with Gasteiger partial charge in [0.2, 0.25) is 5.91 Å². The van der Waals surface area contributed by atoms with Gasteiger partial charge in [-0.25, -0.2) is 0 Å². The summed E-state index contributed by atoms with van der Waals surface area (Å²) in [5.74, 6) is 0.0989. The molecule has 2 aromatic carbocycles. The van der Waals surface area contributed by atoms with Gasteiger partial charge in [0.15, 0.2) is 0 Å². The van der Waals surface area contributed by atoms with Crippen LogP contribution in [0.3, 0.4) is 0 Å². The van der Waals surface area contributed by atoms with Gasteiger partial charge in [-0.3, -0.25) is 9.59 Å². The fourth-order valence-corrected chi connectivity index (χ4v) is 4.10. The third-order valence-electron chi connectivity index (χ3n) is 5.83. The van der Waals surface area contributed by atoms with E-state index in [9.17, 15) is 9.59 Å². The summed E-state index contributed by atoms with van der Waals surface area (Å²) in [4.78, 5) is 29.0. The van der Waals surface area contributed by atoms with E-state index in [0.717, 1.165) is 17.5 Å². The van der Waals surface area contributed by atoms with E-state index in [1.165, 1.54) is 11.1 Å². The van der Waals surface area contributed by atoms with Gasteiger partial charge >= 0.3 is 0 Å². The topological polar surface area (TPSA) is 49.9 Å². The minimum atomic E-state index is -0.107. The first-order valence-corrected chi connectivity index (χ1v) is 9.83. The summed E-state index contributed by atoms with van der Waals surface area (Å²) in [5.41, 5.74) is 4.16. The van der Waals surface area contributed by atoms with E-state index in [4.69, 9.17) is 4.74 Å². The van der Waals surface area contributed by atoms with Gasteiger partial charge in [-0.05, 0) is 30.5 Å². The molecule has 0 aromatic heterocycles. The maximum absolute atomic E-state index is 13.3. The van der Waals surface area contributed by atoms with Crippen LogP contribution in [0, 0.1) is 6.92 Å². The molecular weight excluding hydrogens is 352 g/mol. The number of amides is 2. The monoisotopic (exact) mass is 378 g/mol. The zero-order chi connectivity index (χ0) is 19.7. The second kappa shape index (κ2) is 7.76. The lowest BCUT2D eigenvalue weighted by Crippen LogP contribution is -2.43. The minimum absolute atomic E-state index is 0.0141. The normalized spacial score (nSPS) is 22.1. The summed E-state index contributed by atoms with van der Waals surface area (Å²) in [6.07, 6.45) is 1.03. The highest BCUT2D eigenvalue weighted by atomic mass is 16.5. The molecule has 0 unspecified atom stereocenters. The van der Waals surface area contributed by atoms with Crippen LogP contribution in [0.5, 0.6) is 0 Å². The van der Waals surface area contributed by atoms with Gasteiger partial charge < -0.3 is 14.5 Å². The first-order valence-electron chi connectivity index (χ1n) is 9.83. The van der Waals surface area contributed by atoms with Gasteiger partial charge in [-0.1, -0.05) is 48.0 Å². The predicted molar refractivity (Wildman–Crippen MR) is 107 cm³/mol. The Bertz CT molecular complexity index is 878. The van der Waals surface area contributed by atoms with Crippen LogP contribution in [-0.4, -0.2) is 60.5 Å². The molecule has 0 spiro atoms. The average molecular weight is 378 g/mol. The molecule has 0 bridgehead atoms. The fourth-order valence-electron chi connectivity index (χ4n) is 4.10. The van der Waals surface area contributed by atoms with Crippen LogP contribution in [0.1, 0.15) is 33.5 Å². The summed E-state index contributed by atoms with van der Waals surface area (Å²) in [7, 11) is 1.81. The van der Waals surface area contributed by atoms with Crippen molar-refractivity contribution in [3.63, 3.8) is 0 Å². The molecular formula is C23H26N2O3. The van der Waals surface area contributed by atoms with Crippen molar-refractivity contribution in [3.8, 4) is 0 Å². The van der Waals surface area contributed by atoms with Gasteiger partial charge in [0.25, 0.3) is 5.91 Å². The minimum Gasteiger partial charge on any atom is -0.374 e. The van der Waals surface area contributed by atoms with E-state index in [1.54, 1.807) is 4.90 Å². The van der Waals surface area contributed by atoms with Crippen molar-refractivity contribution in [3.05, 3.63) is 70.8 Å². The molecule has 28 heavy (non-hydrogen) atoms. The van der Waals surface area contributed by atoms with Gasteiger partial charge in [0.1, 0.15) is 0 Å². The summed E-state index contributed by atoms with van der Waals surface area (Å²) in [5, 5.41) is 0. The molecule has 0 radical (unpaired) electrons. The molecule has 4 rings (SSSR count). The molecule has 146 valence electrons. The number of fused-ring (bicyclic) bond motifs is 1. The number of rotatable bonds is 3. The largest absolute Gasteiger partial charge is 0.374 e. The first kappa shape index (κ1) is 18.7. The van der Waals surface area contributed by atoms with Gasteiger partial charge in [-0.2, -0.15) is 0 Å². The van der Waals surface area contributed by atoms with Gasteiger partial charge in [0.05, 0.1) is 25.2 Å². The lowest BCUT2D eigenvalue weighted by molar-refractivity contribution is -0.131. The summed E-state index contributed by atoms with van der Waals surface area (Å²) >= 11 is 0. The maximum Gasteiger partial charge on any atom is 0.254 e. The van der Waals surface area contributed by atoms with E-state index < -0.39 is 0 Å². The van der Waals surface area contributed by atoms with E-state index in [2.05, 4.69) is 31.2 Å². The molecule has 5 nitrogen and oxygen atoms in total. The molecule has 0 N–H and O–H groups in total. The Morgan fingerprint density at radius 2 is 1.86 bits per heavy atom. The number of carbonyl (C=O) groups is 2. The van der Waals surface area contributed by atoms with Crippen LogP contribution < -0.4 is 0 Å². The predicted octanol–water partition coefficient (Wildman–Crippen LogP) is 2.66. The number of carbonyl (C=O) groups excluding carboxylic acids is 2. The van der Waals surface area contributed by atoms with Crippen molar-refractivity contribution in [1.82, 2.24) is 9.80 Å². The number of nitrogens with zero attached hydrogens (tertiary/aromatic N) is 2. The molecule has 0 aliphatic carbocycles. The zero-order valence-electron chi connectivity index (χ0n) is 16.4. The average Bonchev–Trinajstić information content (AvgIpc) is 3.08. The molecule has 2 fully saturated rings. The van der Waals surface area contributed by atoms with Crippen molar-refractivity contribution >= 4 is 11.8 Å². The highest BCUT2D eigenvalue weighted by molar-refractivity contribution is 5.96. The van der Waals surface area contributed by atoms with Crippen molar-refractivity contribution in [2.45, 2.75) is 31.9 Å². The highest BCUT2D eigenvalue weighted by Gasteiger charge is 2.41. The molecule has 5 heteroatoms. The van der Waals surface area contributed by atoms with E-state index >= 15 is 0 Å². The quantitative estimate of drug-likeness (QED) is 0.825. The Balaban J connectivity index is 1.54. The Labute approximate surface area is 165 Å². The van der Waals surface area contributed by atoms with Crippen LogP contribution in [0.25, 0.3) is 0 Å². The summed E-state index contributed by atoms with van der Waals surface area (Å²) in [6.45, 7) is 3.54. The lowest BCUT2D eigenvalue weighted by Gasteiger charge is -2.25. The fraction of sp³-hybridized carbons (Fsp3) is 0.391. The Hall–Kier alpha value is -2.66. The number of likely N-dealkylation sites (N-methyl/N-ethyl adjacent to an activating group) is 1. The second-order valence-electron chi connectivity index (χ2n) is 7.76. The number of hydrogen-bond donors (Lipinski definition) is 0. The smallest absolute Gasteiger partial charge is 0.254 e. The zero-order valence-corrected chi connectivity index (χ0v) is 16.4. The molecule has 2 aliphatic rings. The summed E-state index contributed by atoms with van der Waals surface area (Å²) < 4.78 is 5.86. The molecule has 2 aromatic rings. The number of hydrogen-bond acceptors (Lipinski definition) is 3. The second-order valence-corrected chi connectivity index (χ2v) is 7.76. The van der Waals surface area contributed by atoms with Crippen LogP contribution >= 0.6 is 0 Å². The van der Waals surface area contributed by atoms with Gasteiger partial charge in [-0.15, -0.1) is 0 Å². The van der Waals surface area contributed by atoms with Crippen molar-refractivity contribution in [1.29, 1.82) is 0 Å². The van der Waals surface area contributed by atoms with Crippen LogP contribution in [0.15, 0.2) is 48.5 Å². The van der Waals surface area contributed by atoms with Crippen molar-refractivity contribution < 1.29 is 14.3 Å². The Morgan fingerprint density at radius 1 is 1.11 bits per heavy atom. The highest BCUT2D eigenvalue weighted by Crippen LogP contribution is 2.25. The van der Waals surface area contributed by atoms with Crippen molar-refractivity contribution in [2.75, 3.05) is 26.7 Å². The van der Waals surface area contributed by atoms with Gasteiger partial charge in [0, 0.05) is 25.7 Å². The number of likely N-dealkylation sites (tertiary alicyclic amines) is 1. The van der Waals surface area contributed by atoms with E-state index in [1.807, 2.05) is 36.2 Å². The lowest BCUT2D eigenvalue weighted by atomic mass is 9.98. The molecule has 2 saturated heterocycles. The van der Waals surface area contributed by atoms with E-state index in [-0.39, 0.29) is 24.0 Å². The number of ether oxygens (including phenoxy) is 1. The SMILES string of the molecule is Cc1ccc(Cc2ccccc2C(=O)N2C[C@@H]3OCCC(=O)N(C)[C@H]3C2)cc1. The maximum atomic E-state index is 13.3. The Kier molecular flexibility index (Phi) is 5.18. The molecule has 0 saturated carbocycles. The van der Waals surface area contributed by atoms with Crippen molar-refractivity contribution in [2.24, 2.45) is 0 Å². The molecule has 2 heterocycles. The van der Waals surface area contributed by atoms with Crippen LogP contribution in [-0.2, 0) is 16.0 Å². The van der Waals surface area contributed by atoms with Crippen LogP contribution in [0.4, 0.5) is 0 Å². The third-order valence-corrected chi connectivity index (χ3v) is 5.83. The number of benzene rings is 2. The third kappa shape index (κ3) is 3.67. The molecule has 2 atom stereocenters. The van der Waals surface area contributed by atoms with Crippen LogP contribution in [0.2, 0.25) is 0 Å².